The number of carbonyl (C=O) groups is 1. The number of hydrogen-bond donors (Lipinski definition) is 1. The third-order valence-corrected chi connectivity index (χ3v) is 4.22. The molecule has 3 rings (SSSR count). The summed E-state index contributed by atoms with van der Waals surface area (Å²) in [6, 6.07) is 13.6. The van der Waals surface area contributed by atoms with Crippen molar-refractivity contribution in [2.24, 2.45) is 0 Å². The molecule has 3 nitrogen and oxygen atoms in total. The van der Waals surface area contributed by atoms with Crippen LogP contribution in [0.3, 0.4) is 0 Å². The number of hydrogen-bond acceptors (Lipinski definition) is 2. The van der Waals surface area contributed by atoms with Crippen molar-refractivity contribution in [2.75, 3.05) is 17.2 Å². The van der Waals surface area contributed by atoms with Crippen LogP contribution in [0.5, 0.6) is 0 Å². The summed E-state index contributed by atoms with van der Waals surface area (Å²) >= 11 is 0. The topological polar surface area (TPSA) is 46.3 Å². The standard InChI is InChI=1S/C19H22N2O.ClH/c1-19(2,3)15-7-8-17-13(11-15)9-10-21(17)18(22)14-5-4-6-16(20)12-14;/h4-8,11-12H,9-10,20H2,1-3H3;1H. The van der Waals surface area contributed by atoms with E-state index in [9.17, 15) is 4.79 Å². The molecule has 122 valence electrons. The van der Waals surface area contributed by atoms with Crippen LogP contribution in [0.1, 0.15) is 42.3 Å². The maximum atomic E-state index is 12.7. The number of benzene rings is 2. The Morgan fingerprint density at radius 2 is 1.87 bits per heavy atom. The molecule has 0 atom stereocenters. The van der Waals surface area contributed by atoms with Crippen LogP contribution in [-0.2, 0) is 11.8 Å². The second-order valence-corrected chi connectivity index (χ2v) is 6.93. The van der Waals surface area contributed by atoms with Crippen molar-refractivity contribution in [1.82, 2.24) is 0 Å². The average Bonchev–Trinajstić information content (AvgIpc) is 2.88. The fourth-order valence-corrected chi connectivity index (χ4v) is 2.91. The van der Waals surface area contributed by atoms with Crippen molar-refractivity contribution in [3.05, 3.63) is 59.2 Å². The zero-order valence-corrected chi connectivity index (χ0v) is 14.6. The molecule has 1 amide bonds. The highest BCUT2D eigenvalue weighted by atomic mass is 35.5. The lowest BCUT2D eigenvalue weighted by atomic mass is 9.86. The fourth-order valence-electron chi connectivity index (χ4n) is 2.91. The molecule has 0 unspecified atom stereocenters. The van der Waals surface area contributed by atoms with E-state index >= 15 is 0 Å². The zero-order chi connectivity index (χ0) is 15.9. The molecule has 0 aromatic heterocycles. The van der Waals surface area contributed by atoms with Gasteiger partial charge in [-0.3, -0.25) is 4.79 Å². The minimum absolute atomic E-state index is 0. The van der Waals surface area contributed by atoms with Crippen LogP contribution in [0.25, 0.3) is 0 Å². The molecule has 2 N–H and O–H groups in total. The SMILES string of the molecule is CC(C)(C)c1ccc2c(c1)CCN2C(=O)c1cccc(N)c1.Cl. The van der Waals surface area contributed by atoms with Crippen molar-refractivity contribution < 1.29 is 4.79 Å². The third-order valence-electron chi connectivity index (χ3n) is 4.22. The lowest BCUT2D eigenvalue weighted by molar-refractivity contribution is 0.0989. The average molecular weight is 331 g/mol. The van der Waals surface area contributed by atoms with Gasteiger partial charge in [-0.05, 0) is 47.2 Å². The van der Waals surface area contributed by atoms with Gasteiger partial charge in [0.25, 0.3) is 5.91 Å². The number of nitrogens with two attached hydrogens (primary N) is 1. The highest BCUT2D eigenvalue weighted by Crippen LogP contribution is 2.33. The normalized spacial score (nSPS) is 13.4. The molecule has 23 heavy (non-hydrogen) atoms. The zero-order valence-electron chi connectivity index (χ0n) is 13.8. The second kappa shape index (κ2) is 6.25. The number of anilines is 2. The third kappa shape index (κ3) is 3.35. The first-order chi connectivity index (χ1) is 10.4. The summed E-state index contributed by atoms with van der Waals surface area (Å²) < 4.78 is 0. The Morgan fingerprint density at radius 1 is 1.13 bits per heavy atom. The Labute approximate surface area is 143 Å². The molecular weight excluding hydrogens is 308 g/mol. The largest absolute Gasteiger partial charge is 0.399 e. The van der Waals surface area contributed by atoms with Crippen LogP contribution in [0.15, 0.2) is 42.5 Å². The van der Waals surface area contributed by atoms with Gasteiger partial charge in [0.05, 0.1) is 0 Å². The van der Waals surface area contributed by atoms with Gasteiger partial charge in [0.15, 0.2) is 0 Å². The molecule has 0 spiro atoms. The van der Waals surface area contributed by atoms with E-state index in [-0.39, 0.29) is 23.7 Å². The highest BCUT2D eigenvalue weighted by molar-refractivity contribution is 6.07. The minimum atomic E-state index is 0. The van der Waals surface area contributed by atoms with Gasteiger partial charge >= 0.3 is 0 Å². The number of carbonyl (C=O) groups excluding carboxylic acids is 1. The molecule has 4 heteroatoms. The predicted octanol–water partition coefficient (Wildman–Crippen LogP) is 4.19. The molecule has 0 saturated carbocycles. The lowest BCUT2D eigenvalue weighted by Gasteiger charge is -2.22. The number of halogens is 1. The summed E-state index contributed by atoms with van der Waals surface area (Å²) in [5, 5.41) is 0. The van der Waals surface area contributed by atoms with Crippen molar-refractivity contribution in [3.8, 4) is 0 Å². The molecule has 2 aromatic carbocycles. The van der Waals surface area contributed by atoms with E-state index in [1.54, 1.807) is 12.1 Å². The molecule has 0 fully saturated rings. The quantitative estimate of drug-likeness (QED) is 0.797. The number of fused-ring (bicyclic) bond motifs is 1. The number of nitrogen functional groups attached to an aromatic ring is 1. The van der Waals surface area contributed by atoms with Crippen molar-refractivity contribution in [1.29, 1.82) is 0 Å². The van der Waals surface area contributed by atoms with Crippen LogP contribution in [0.4, 0.5) is 11.4 Å². The van der Waals surface area contributed by atoms with Crippen molar-refractivity contribution in [2.45, 2.75) is 32.6 Å². The van der Waals surface area contributed by atoms with E-state index in [0.717, 1.165) is 18.7 Å². The van der Waals surface area contributed by atoms with E-state index in [0.29, 0.717) is 11.3 Å². The Bertz CT molecular complexity index is 734. The van der Waals surface area contributed by atoms with E-state index in [1.165, 1.54) is 11.1 Å². The van der Waals surface area contributed by atoms with Crippen LogP contribution < -0.4 is 10.6 Å². The Hall–Kier alpha value is -2.00. The van der Waals surface area contributed by atoms with Crippen LogP contribution in [0.2, 0.25) is 0 Å². The molecule has 0 radical (unpaired) electrons. The molecule has 1 aliphatic rings. The number of rotatable bonds is 1. The predicted molar refractivity (Wildman–Crippen MR) is 98.6 cm³/mol. The smallest absolute Gasteiger partial charge is 0.258 e. The Kier molecular flexibility index (Phi) is 4.71. The van der Waals surface area contributed by atoms with Gasteiger partial charge in [-0.1, -0.05) is 39.0 Å². The number of amides is 1. The molecule has 1 aliphatic heterocycles. The molecule has 0 saturated heterocycles. The van der Waals surface area contributed by atoms with E-state index in [2.05, 4.69) is 39.0 Å². The van der Waals surface area contributed by atoms with E-state index < -0.39 is 0 Å². The van der Waals surface area contributed by atoms with Gasteiger partial charge in [0, 0.05) is 23.5 Å². The summed E-state index contributed by atoms with van der Waals surface area (Å²) in [6.45, 7) is 7.36. The van der Waals surface area contributed by atoms with Crippen molar-refractivity contribution >= 4 is 29.7 Å². The van der Waals surface area contributed by atoms with Gasteiger partial charge in [0.1, 0.15) is 0 Å². The Morgan fingerprint density at radius 3 is 2.52 bits per heavy atom. The molecule has 1 heterocycles. The first kappa shape index (κ1) is 17.4. The summed E-state index contributed by atoms with van der Waals surface area (Å²) in [4.78, 5) is 14.6. The summed E-state index contributed by atoms with van der Waals surface area (Å²) in [6.07, 6.45) is 0.910. The molecule has 0 aliphatic carbocycles. The van der Waals surface area contributed by atoms with Crippen LogP contribution >= 0.6 is 12.4 Å². The first-order valence-corrected chi connectivity index (χ1v) is 7.67. The summed E-state index contributed by atoms with van der Waals surface area (Å²) in [7, 11) is 0. The molecular formula is C19H23ClN2O. The monoisotopic (exact) mass is 330 g/mol. The Balaban J connectivity index is 0.00000192. The van der Waals surface area contributed by atoms with Gasteiger partial charge in [-0.15, -0.1) is 12.4 Å². The van der Waals surface area contributed by atoms with E-state index in [1.807, 2.05) is 17.0 Å². The fraction of sp³-hybridized carbons (Fsp3) is 0.316. The lowest BCUT2D eigenvalue weighted by Crippen LogP contribution is -2.28. The van der Waals surface area contributed by atoms with Gasteiger partial charge < -0.3 is 10.6 Å². The van der Waals surface area contributed by atoms with Gasteiger partial charge in [0.2, 0.25) is 0 Å². The molecule has 2 aromatic rings. The summed E-state index contributed by atoms with van der Waals surface area (Å²) in [5.74, 6) is 0.0227. The first-order valence-electron chi connectivity index (χ1n) is 7.67. The second-order valence-electron chi connectivity index (χ2n) is 6.93. The van der Waals surface area contributed by atoms with Crippen LogP contribution in [0, 0.1) is 0 Å². The van der Waals surface area contributed by atoms with E-state index in [4.69, 9.17) is 5.73 Å². The van der Waals surface area contributed by atoms with Crippen molar-refractivity contribution in [3.63, 3.8) is 0 Å². The number of nitrogens with zero attached hydrogens (tertiary/aromatic N) is 1. The van der Waals surface area contributed by atoms with Gasteiger partial charge in [-0.25, -0.2) is 0 Å². The summed E-state index contributed by atoms with van der Waals surface area (Å²) in [5.41, 5.74) is 10.8. The molecule has 0 bridgehead atoms. The highest BCUT2D eigenvalue weighted by Gasteiger charge is 2.27. The van der Waals surface area contributed by atoms with Gasteiger partial charge in [-0.2, -0.15) is 0 Å². The maximum Gasteiger partial charge on any atom is 0.258 e. The minimum Gasteiger partial charge on any atom is -0.399 e. The maximum absolute atomic E-state index is 12.7. The van der Waals surface area contributed by atoms with Crippen LogP contribution in [-0.4, -0.2) is 12.5 Å².